The summed E-state index contributed by atoms with van der Waals surface area (Å²) < 4.78 is 37.6. The predicted molar refractivity (Wildman–Crippen MR) is 153 cm³/mol. The van der Waals surface area contributed by atoms with E-state index in [4.69, 9.17) is 43.6 Å². The number of benzene rings is 3. The van der Waals surface area contributed by atoms with Crippen LogP contribution in [0.5, 0.6) is 0 Å². The molecule has 1 aliphatic carbocycles. The number of nitrogens with two attached hydrogens (primary N) is 1. The molecule has 41 heavy (non-hydrogen) atoms. The molecule has 0 saturated carbocycles. The van der Waals surface area contributed by atoms with E-state index >= 15 is 0 Å². The minimum atomic E-state index is -5.08. The van der Waals surface area contributed by atoms with Gasteiger partial charge in [-0.15, -0.1) is 0 Å². The van der Waals surface area contributed by atoms with Gasteiger partial charge in [0.15, 0.2) is 0 Å². The number of hydrogen-bond acceptors (Lipinski definition) is 4. The highest BCUT2D eigenvalue weighted by Gasteiger charge is 2.38. The van der Waals surface area contributed by atoms with Crippen LogP contribution in [-0.2, 0) is 16.1 Å². The lowest BCUT2D eigenvalue weighted by molar-refractivity contribution is -0.192. The van der Waals surface area contributed by atoms with Crippen molar-refractivity contribution in [2.45, 2.75) is 44.9 Å². The molecule has 2 atom stereocenters. The summed E-state index contributed by atoms with van der Waals surface area (Å²) in [6.45, 7) is 5.09. The number of rotatable bonds is 8. The summed E-state index contributed by atoms with van der Waals surface area (Å²) in [6, 6.07) is 21.8. The van der Waals surface area contributed by atoms with Crippen molar-refractivity contribution >= 4 is 35.3 Å². The molecule has 0 fully saturated rings. The van der Waals surface area contributed by atoms with E-state index in [1.165, 1.54) is 22.3 Å². The van der Waals surface area contributed by atoms with Crippen molar-refractivity contribution in [1.82, 2.24) is 4.90 Å². The molecule has 6 nitrogen and oxygen atoms in total. The number of carbonyl (C=O) groups is 2. The van der Waals surface area contributed by atoms with Crippen LogP contribution in [0, 0.1) is 5.92 Å². The SMILES string of the molecule is CC[C@H](C)[C@H](N)CN(Cc1cccc(Cl)c1Cl)C(=O)OCC1c2ccccc2-c2ccccc21.O=C(O)C(F)(F)F. The van der Waals surface area contributed by atoms with Gasteiger partial charge in [-0.2, -0.15) is 13.2 Å². The van der Waals surface area contributed by atoms with Crippen LogP contribution < -0.4 is 5.73 Å². The average Bonchev–Trinajstić information content (AvgIpc) is 3.26. The van der Waals surface area contributed by atoms with Crippen molar-refractivity contribution in [2.24, 2.45) is 11.7 Å². The van der Waals surface area contributed by atoms with Gasteiger partial charge >= 0.3 is 18.2 Å². The molecule has 0 heterocycles. The molecule has 0 radical (unpaired) electrons. The topological polar surface area (TPSA) is 92.9 Å². The Bertz CT molecular complexity index is 1320. The van der Waals surface area contributed by atoms with Crippen molar-refractivity contribution in [1.29, 1.82) is 0 Å². The number of carboxylic acids is 1. The molecular weight excluding hydrogens is 580 g/mol. The third-order valence-electron chi connectivity index (χ3n) is 7.04. The second-order valence-electron chi connectivity index (χ2n) is 9.75. The lowest BCUT2D eigenvalue weighted by Gasteiger charge is -2.29. The molecule has 1 aliphatic rings. The fourth-order valence-corrected chi connectivity index (χ4v) is 4.88. The first kappa shape index (κ1) is 32.2. The largest absolute Gasteiger partial charge is 0.490 e. The molecule has 11 heteroatoms. The van der Waals surface area contributed by atoms with Crippen LogP contribution in [0.1, 0.15) is 42.9 Å². The molecule has 0 bridgehead atoms. The molecule has 0 unspecified atom stereocenters. The highest BCUT2D eigenvalue weighted by Crippen LogP contribution is 2.44. The molecule has 0 saturated heterocycles. The predicted octanol–water partition coefficient (Wildman–Crippen LogP) is 7.75. The number of nitrogens with zero attached hydrogens (tertiary/aromatic N) is 1. The van der Waals surface area contributed by atoms with E-state index in [2.05, 4.69) is 38.1 Å². The zero-order chi connectivity index (χ0) is 30.3. The summed E-state index contributed by atoms with van der Waals surface area (Å²) in [6.07, 6.45) is -4.56. The van der Waals surface area contributed by atoms with Crippen molar-refractivity contribution in [3.63, 3.8) is 0 Å². The minimum absolute atomic E-state index is 0.00352. The number of aliphatic carboxylic acids is 1. The van der Waals surface area contributed by atoms with E-state index in [9.17, 15) is 18.0 Å². The zero-order valence-corrected chi connectivity index (χ0v) is 24.0. The second-order valence-corrected chi connectivity index (χ2v) is 10.5. The Hall–Kier alpha value is -3.27. The summed E-state index contributed by atoms with van der Waals surface area (Å²) in [5, 5.41) is 8.02. The van der Waals surface area contributed by atoms with Crippen LogP contribution in [0.25, 0.3) is 11.1 Å². The van der Waals surface area contributed by atoms with Gasteiger partial charge in [-0.3, -0.25) is 0 Å². The maximum absolute atomic E-state index is 13.3. The van der Waals surface area contributed by atoms with E-state index in [0.717, 1.165) is 12.0 Å². The van der Waals surface area contributed by atoms with Crippen molar-refractivity contribution in [2.75, 3.05) is 13.2 Å². The lowest BCUT2D eigenvalue weighted by atomic mass is 9.98. The minimum Gasteiger partial charge on any atom is -0.475 e. The Morgan fingerprint density at radius 1 is 1.00 bits per heavy atom. The molecule has 1 amide bonds. The highest BCUT2D eigenvalue weighted by atomic mass is 35.5. The normalized spacial score (nSPS) is 13.8. The van der Waals surface area contributed by atoms with Crippen LogP contribution in [0.15, 0.2) is 66.7 Å². The summed E-state index contributed by atoms with van der Waals surface area (Å²) in [7, 11) is 0. The monoisotopic (exact) mass is 610 g/mol. The number of ether oxygens (including phenoxy) is 1. The van der Waals surface area contributed by atoms with Crippen LogP contribution in [0.2, 0.25) is 10.0 Å². The number of carboxylic acid groups (broad SMARTS) is 1. The van der Waals surface area contributed by atoms with Gasteiger partial charge in [0.25, 0.3) is 0 Å². The fourth-order valence-electron chi connectivity index (χ4n) is 4.50. The summed E-state index contributed by atoms with van der Waals surface area (Å²) >= 11 is 12.6. The van der Waals surface area contributed by atoms with Gasteiger partial charge in [-0.05, 0) is 39.8 Å². The molecule has 3 N–H and O–H groups in total. The van der Waals surface area contributed by atoms with Crippen LogP contribution in [-0.4, -0.2) is 47.4 Å². The Balaban J connectivity index is 0.000000587. The van der Waals surface area contributed by atoms with E-state index < -0.39 is 18.2 Å². The van der Waals surface area contributed by atoms with Crippen LogP contribution in [0.3, 0.4) is 0 Å². The summed E-state index contributed by atoms with van der Waals surface area (Å²) in [4.78, 5) is 23.9. The van der Waals surface area contributed by atoms with Crippen molar-refractivity contribution in [3.8, 4) is 11.1 Å². The fraction of sp³-hybridized carbons (Fsp3) is 0.333. The second kappa shape index (κ2) is 14.1. The first-order chi connectivity index (χ1) is 19.3. The first-order valence-corrected chi connectivity index (χ1v) is 13.7. The summed E-state index contributed by atoms with van der Waals surface area (Å²) in [5.41, 5.74) is 11.9. The molecule has 220 valence electrons. The number of alkyl halides is 3. The van der Waals surface area contributed by atoms with Crippen molar-refractivity contribution < 1.29 is 32.6 Å². The van der Waals surface area contributed by atoms with Crippen molar-refractivity contribution in [3.05, 3.63) is 93.5 Å². The number of fused-ring (bicyclic) bond motifs is 3. The molecule has 4 rings (SSSR count). The highest BCUT2D eigenvalue weighted by molar-refractivity contribution is 6.42. The van der Waals surface area contributed by atoms with Crippen LogP contribution >= 0.6 is 23.2 Å². The van der Waals surface area contributed by atoms with Gasteiger partial charge in [0.1, 0.15) is 6.61 Å². The number of hydrogen-bond donors (Lipinski definition) is 2. The van der Waals surface area contributed by atoms with Gasteiger partial charge in [-0.25, -0.2) is 9.59 Å². The molecule has 0 spiro atoms. The van der Waals surface area contributed by atoms with E-state index in [1.54, 1.807) is 11.0 Å². The maximum Gasteiger partial charge on any atom is 0.490 e. The number of halogens is 5. The molecular formula is C30H31Cl2F3N2O4. The Morgan fingerprint density at radius 2 is 1.54 bits per heavy atom. The molecule has 0 aliphatic heterocycles. The third-order valence-corrected chi connectivity index (χ3v) is 7.89. The average molecular weight is 611 g/mol. The standard InChI is InChI=1S/C28H30Cl2N2O2.C2HF3O2/c1-3-18(2)26(31)16-32(15-19-9-8-14-25(29)27(19)30)28(33)34-17-24-22-12-6-4-10-20(22)21-11-5-7-13-23(21)24;3-2(4,5)1(6)7/h4-14,18,24,26H,3,15-17,31H2,1-2H3;(H,6,7)/t18-,26+;/m0./s1. The Kier molecular flexibility index (Phi) is 11.1. The molecule has 3 aromatic carbocycles. The van der Waals surface area contributed by atoms with Gasteiger partial charge in [-0.1, -0.05) is 104 Å². The van der Waals surface area contributed by atoms with E-state index in [1.807, 2.05) is 36.4 Å². The zero-order valence-electron chi connectivity index (χ0n) is 22.5. The maximum atomic E-state index is 13.3. The molecule has 0 aromatic heterocycles. The quantitative estimate of drug-likeness (QED) is 0.272. The summed E-state index contributed by atoms with van der Waals surface area (Å²) in [5.74, 6) is -2.50. The van der Waals surface area contributed by atoms with E-state index in [-0.39, 0.29) is 31.0 Å². The smallest absolute Gasteiger partial charge is 0.475 e. The van der Waals surface area contributed by atoms with Gasteiger partial charge < -0.3 is 20.5 Å². The lowest BCUT2D eigenvalue weighted by Crippen LogP contribution is -2.44. The van der Waals surface area contributed by atoms with Gasteiger partial charge in [0, 0.05) is 18.5 Å². The number of carbonyl (C=O) groups excluding carboxylic acids is 1. The molecule has 3 aromatic rings. The Morgan fingerprint density at radius 3 is 2.05 bits per heavy atom. The first-order valence-electron chi connectivity index (χ1n) is 12.9. The van der Waals surface area contributed by atoms with Crippen LogP contribution in [0.4, 0.5) is 18.0 Å². The number of amides is 1. The van der Waals surface area contributed by atoms with Gasteiger partial charge in [0.05, 0.1) is 16.6 Å². The van der Waals surface area contributed by atoms with Gasteiger partial charge in [0.2, 0.25) is 0 Å². The van der Waals surface area contributed by atoms with E-state index in [0.29, 0.717) is 16.6 Å². The third kappa shape index (κ3) is 8.15. The Labute approximate surface area is 246 Å².